The van der Waals surface area contributed by atoms with Gasteiger partial charge in [-0.15, -0.1) is 0 Å². The highest BCUT2D eigenvalue weighted by atomic mass is 16.4. The van der Waals surface area contributed by atoms with Gasteiger partial charge in [0.25, 0.3) is 5.56 Å². The summed E-state index contributed by atoms with van der Waals surface area (Å²) >= 11 is 0. The number of anilines is 1. The molecule has 4 rings (SSSR count). The van der Waals surface area contributed by atoms with Gasteiger partial charge in [0.2, 0.25) is 5.91 Å². The highest BCUT2D eigenvalue weighted by Gasteiger charge is 2.39. The minimum absolute atomic E-state index is 0.000339. The van der Waals surface area contributed by atoms with E-state index in [4.69, 9.17) is 5.11 Å². The SMILES string of the molecule is O=C(O)NC1CCN(CC2Cn3c4c(ccc3=O)CCC(=O)N42)CC1. The number of hydrogen-bond donors (Lipinski definition) is 2. The predicted molar refractivity (Wildman–Crippen MR) is 90.9 cm³/mol. The van der Waals surface area contributed by atoms with Gasteiger partial charge in [-0.2, -0.15) is 0 Å². The van der Waals surface area contributed by atoms with E-state index in [1.165, 1.54) is 0 Å². The number of carboxylic acid groups (broad SMARTS) is 1. The van der Waals surface area contributed by atoms with Crippen LogP contribution in [0.1, 0.15) is 24.8 Å². The Morgan fingerprint density at radius 1 is 1.20 bits per heavy atom. The second-order valence-electron chi connectivity index (χ2n) is 7.07. The minimum Gasteiger partial charge on any atom is -0.465 e. The van der Waals surface area contributed by atoms with Crippen LogP contribution in [0.2, 0.25) is 0 Å². The number of nitrogens with zero attached hydrogens (tertiary/aromatic N) is 3. The van der Waals surface area contributed by atoms with E-state index in [9.17, 15) is 14.4 Å². The van der Waals surface area contributed by atoms with Crippen LogP contribution in [0, 0.1) is 0 Å². The standard InChI is InChI=1S/C17H22N4O4/c22-14-3-1-11-2-4-15(23)21-13(10-20(14)16(11)21)9-19-7-5-12(6-8-19)18-17(24)25/h1,3,12-13,18H,2,4-10H2,(H,24,25). The Labute approximate surface area is 145 Å². The Hall–Kier alpha value is -2.35. The average Bonchev–Trinajstić information content (AvgIpc) is 2.96. The summed E-state index contributed by atoms with van der Waals surface area (Å²) in [5, 5.41) is 11.4. The first-order valence-corrected chi connectivity index (χ1v) is 8.79. The van der Waals surface area contributed by atoms with Crippen LogP contribution < -0.4 is 15.8 Å². The summed E-state index contributed by atoms with van der Waals surface area (Å²) in [4.78, 5) is 39.5. The molecule has 4 heterocycles. The van der Waals surface area contributed by atoms with Crippen LogP contribution in [0.5, 0.6) is 0 Å². The topological polar surface area (TPSA) is 94.9 Å². The lowest BCUT2D eigenvalue weighted by molar-refractivity contribution is -0.119. The third-order valence-electron chi connectivity index (χ3n) is 5.48. The van der Waals surface area contributed by atoms with Crippen molar-refractivity contribution in [2.75, 3.05) is 24.5 Å². The van der Waals surface area contributed by atoms with Crippen molar-refractivity contribution in [1.29, 1.82) is 0 Å². The van der Waals surface area contributed by atoms with Crippen molar-refractivity contribution in [3.8, 4) is 0 Å². The Kier molecular flexibility index (Phi) is 3.99. The van der Waals surface area contributed by atoms with Crippen molar-refractivity contribution < 1.29 is 14.7 Å². The number of aromatic nitrogens is 1. The summed E-state index contributed by atoms with van der Waals surface area (Å²) in [6.07, 6.45) is 1.75. The molecule has 2 amide bonds. The lowest BCUT2D eigenvalue weighted by Crippen LogP contribution is -2.50. The summed E-state index contributed by atoms with van der Waals surface area (Å²) in [6.45, 7) is 2.84. The number of hydrogen-bond acceptors (Lipinski definition) is 4. The Bertz CT molecular complexity index is 766. The summed E-state index contributed by atoms with van der Waals surface area (Å²) in [5.41, 5.74) is 1.02. The fraction of sp³-hybridized carbons (Fsp3) is 0.588. The molecule has 25 heavy (non-hydrogen) atoms. The summed E-state index contributed by atoms with van der Waals surface area (Å²) in [5.74, 6) is 0.882. The van der Waals surface area contributed by atoms with Gasteiger partial charge in [-0.1, -0.05) is 0 Å². The predicted octanol–water partition coefficient (Wildman–Crippen LogP) is 0.242. The molecule has 0 radical (unpaired) electrons. The van der Waals surface area contributed by atoms with Crippen molar-refractivity contribution in [3.05, 3.63) is 28.0 Å². The van der Waals surface area contributed by atoms with Crippen LogP contribution in [0.4, 0.5) is 10.6 Å². The number of carbonyl (C=O) groups is 2. The molecule has 3 aliphatic rings. The summed E-state index contributed by atoms with van der Waals surface area (Å²) < 4.78 is 1.73. The molecule has 1 aromatic rings. The zero-order valence-corrected chi connectivity index (χ0v) is 14.0. The molecule has 8 nitrogen and oxygen atoms in total. The summed E-state index contributed by atoms with van der Waals surface area (Å²) in [6, 6.07) is 3.42. The van der Waals surface area contributed by atoms with E-state index in [1.54, 1.807) is 10.6 Å². The number of rotatable bonds is 3. The van der Waals surface area contributed by atoms with Crippen LogP contribution in [0.15, 0.2) is 16.9 Å². The van der Waals surface area contributed by atoms with Crippen LogP contribution in [0.3, 0.4) is 0 Å². The molecule has 1 aromatic heterocycles. The highest BCUT2D eigenvalue weighted by molar-refractivity contribution is 5.96. The maximum Gasteiger partial charge on any atom is 0.404 e. The molecule has 8 heteroatoms. The third kappa shape index (κ3) is 2.90. The van der Waals surface area contributed by atoms with E-state index >= 15 is 0 Å². The molecule has 0 aliphatic carbocycles. The maximum atomic E-state index is 12.5. The quantitative estimate of drug-likeness (QED) is 0.818. The Morgan fingerprint density at radius 3 is 2.68 bits per heavy atom. The van der Waals surface area contributed by atoms with Crippen LogP contribution >= 0.6 is 0 Å². The van der Waals surface area contributed by atoms with Crippen molar-refractivity contribution in [3.63, 3.8) is 0 Å². The van der Waals surface area contributed by atoms with Crippen molar-refractivity contribution in [2.45, 2.75) is 44.3 Å². The number of aryl methyl sites for hydroxylation is 1. The molecule has 134 valence electrons. The van der Waals surface area contributed by atoms with Gasteiger partial charge in [0, 0.05) is 44.7 Å². The van der Waals surface area contributed by atoms with E-state index < -0.39 is 6.09 Å². The molecular formula is C17H22N4O4. The zero-order valence-electron chi connectivity index (χ0n) is 14.0. The normalized spacial score (nSPS) is 23.6. The van der Waals surface area contributed by atoms with E-state index in [1.807, 2.05) is 11.0 Å². The van der Waals surface area contributed by atoms with E-state index in [-0.39, 0.29) is 23.6 Å². The Balaban J connectivity index is 1.47. The van der Waals surface area contributed by atoms with Gasteiger partial charge in [-0.25, -0.2) is 4.79 Å². The molecule has 0 saturated carbocycles. The minimum atomic E-state index is -0.976. The van der Waals surface area contributed by atoms with Crippen LogP contribution in [-0.4, -0.2) is 58.3 Å². The van der Waals surface area contributed by atoms with Crippen molar-refractivity contribution in [2.24, 2.45) is 0 Å². The number of nitrogens with one attached hydrogen (secondary N) is 1. The maximum absolute atomic E-state index is 12.5. The fourth-order valence-corrected chi connectivity index (χ4v) is 4.29. The first-order chi connectivity index (χ1) is 12.0. The number of piperidine rings is 1. The second kappa shape index (κ2) is 6.18. The fourth-order valence-electron chi connectivity index (χ4n) is 4.29. The van der Waals surface area contributed by atoms with E-state index in [0.717, 1.165) is 37.3 Å². The number of amides is 2. The zero-order chi connectivity index (χ0) is 17.6. The van der Waals surface area contributed by atoms with Gasteiger partial charge in [-0.3, -0.25) is 19.1 Å². The average molecular weight is 346 g/mol. The molecular weight excluding hydrogens is 324 g/mol. The molecule has 0 spiro atoms. The second-order valence-corrected chi connectivity index (χ2v) is 7.07. The van der Waals surface area contributed by atoms with Crippen LogP contribution in [0.25, 0.3) is 0 Å². The van der Waals surface area contributed by atoms with Gasteiger partial charge < -0.3 is 15.3 Å². The monoisotopic (exact) mass is 346 g/mol. The largest absolute Gasteiger partial charge is 0.465 e. The van der Waals surface area contributed by atoms with Crippen molar-refractivity contribution >= 4 is 17.8 Å². The molecule has 1 saturated heterocycles. The van der Waals surface area contributed by atoms with Gasteiger partial charge in [0.05, 0.1) is 6.04 Å². The number of pyridine rings is 1. The molecule has 1 fully saturated rings. The molecule has 3 aliphatic heterocycles. The van der Waals surface area contributed by atoms with E-state index in [2.05, 4.69) is 10.2 Å². The van der Waals surface area contributed by atoms with Gasteiger partial charge in [0.15, 0.2) is 0 Å². The van der Waals surface area contributed by atoms with E-state index in [0.29, 0.717) is 25.9 Å². The first-order valence-electron chi connectivity index (χ1n) is 8.79. The van der Waals surface area contributed by atoms with Crippen molar-refractivity contribution in [1.82, 2.24) is 14.8 Å². The molecule has 2 N–H and O–H groups in total. The van der Waals surface area contributed by atoms with Gasteiger partial charge in [0.1, 0.15) is 5.82 Å². The molecule has 0 aromatic carbocycles. The molecule has 1 unspecified atom stereocenters. The lowest BCUT2D eigenvalue weighted by atomic mass is 10.0. The first kappa shape index (κ1) is 16.1. The summed E-state index contributed by atoms with van der Waals surface area (Å²) in [7, 11) is 0. The van der Waals surface area contributed by atoms with Gasteiger partial charge >= 0.3 is 6.09 Å². The Morgan fingerprint density at radius 2 is 1.96 bits per heavy atom. The third-order valence-corrected chi connectivity index (χ3v) is 5.48. The lowest BCUT2D eigenvalue weighted by Gasteiger charge is -2.36. The molecule has 1 atom stereocenters. The number of carbonyl (C=O) groups excluding carboxylic acids is 1. The highest BCUT2D eigenvalue weighted by Crippen LogP contribution is 2.34. The smallest absolute Gasteiger partial charge is 0.404 e. The van der Waals surface area contributed by atoms with Gasteiger partial charge in [-0.05, 0) is 30.9 Å². The number of likely N-dealkylation sites (tertiary alicyclic amines) is 1. The molecule has 0 bridgehead atoms. The van der Waals surface area contributed by atoms with Crippen LogP contribution in [-0.2, 0) is 17.8 Å².